The van der Waals surface area contributed by atoms with E-state index < -0.39 is 0 Å². The highest BCUT2D eigenvalue weighted by atomic mass is 35.5. The van der Waals surface area contributed by atoms with Gasteiger partial charge in [0, 0.05) is 33.6 Å². The molecule has 0 unspecified atom stereocenters. The van der Waals surface area contributed by atoms with Crippen LogP contribution in [0, 0.1) is 0 Å². The Morgan fingerprint density at radius 1 is 1.09 bits per heavy atom. The summed E-state index contributed by atoms with van der Waals surface area (Å²) in [6.45, 7) is 0. The summed E-state index contributed by atoms with van der Waals surface area (Å²) in [7, 11) is 0. The Bertz CT molecular complexity index is 990. The van der Waals surface area contributed by atoms with Crippen LogP contribution in [-0.4, -0.2) is 15.1 Å². The smallest absolute Gasteiger partial charge is 0.260 e. The standard InChI is InChI=1S/C17H11Cl2N3O/c18-11-6-5-10(14(19)8-11)7-16-21-17(23-22-16)13-9-20-15-4-2-1-3-12(13)15/h1-6,8-9,20H,7H2. The Morgan fingerprint density at radius 3 is 2.83 bits per heavy atom. The lowest BCUT2D eigenvalue weighted by Gasteiger charge is -2.00. The number of halogens is 2. The van der Waals surface area contributed by atoms with Gasteiger partial charge in [0.25, 0.3) is 5.89 Å². The second-order valence-corrected chi connectivity index (χ2v) is 6.02. The quantitative estimate of drug-likeness (QED) is 0.561. The number of hydrogen-bond donors (Lipinski definition) is 1. The topological polar surface area (TPSA) is 54.7 Å². The highest BCUT2D eigenvalue weighted by Gasteiger charge is 2.14. The highest BCUT2D eigenvalue weighted by Crippen LogP contribution is 2.28. The normalized spacial score (nSPS) is 11.2. The Kier molecular flexibility index (Phi) is 3.56. The molecular formula is C17H11Cl2N3O. The zero-order valence-electron chi connectivity index (χ0n) is 11.9. The van der Waals surface area contributed by atoms with Crippen molar-refractivity contribution in [3.63, 3.8) is 0 Å². The van der Waals surface area contributed by atoms with Gasteiger partial charge in [-0.15, -0.1) is 0 Å². The number of para-hydroxylation sites is 1. The number of H-pyrrole nitrogens is 1. The van der Waals surface area contributed by atoms with Gasteiger partial charge in [0.2, 0.25) is 0 Å². The van der Waals surface area contributed by atoms with Gasteiger partial charge in [0.15, 0.2) is 5.82 Å². The minimum absolute atomic E-state index is 0.488. The third-order valence-electron chi connectivity index (χ3n) is 3.65. The molecule has 0 bridgehead atoms. The summed E-state index contributed by atoms with van der Waals surface area (Å²) in [5, 5.41) is 6.29. The maximum atomic E-state index is 6.19. The van der Waals surface area contributed by atoms with Crippen molar-refractivity contribution < 1.29 is 4.52 Å². The lowest BCUT2D eigenvalue weighted by atomic mass is 10.1. The van der Waals surface area contributed by atoms with E-state index in [1.54, 1.807) is 12.1 Å². The van der Waals surface area contributed by atoms with E-state index in [1.807, 2.05) is 36.5 Å². The van der Waals surface area contributed by atoms with Gasteiger partial charge in [-0.05, 0) is 23.8 Å². The molecule has 0 aliphatic rings. The summed E-state index contributed by atoms with van der Waals surface area (Å²) in [6, 6.07) is 13.3. The Labute approximate surface area is 142 Å². The fourth-order valence-electron chi connectivity index (χ4n) is 2.52. The van der Waals surface area contributed by atoms with Crippen LogP contribution >= 0.6 is 23.2 Å². The molecule has 0 fully saturated rings. The first-order chi connectivity index (χ1) is 11.2. The first kappa shape index (κ1) is 14.3. The predicted octanol–water partition coefficient (Wildman–Crippen LogP) is 5.12. The van der Waals surface area contributed by atoms with Crippen LogP contribution < -0.4 is 0 Å². The molecule has 4 rings (SSSR count). The van der Waals surface area contributed by atoms with Crippen molar-refractivity contribution in [1.29, 1.82) is 0 Å². The molecule has 0 amide bonds. The zero-order chi connectivity index (χ0) is 15.8. The number of benzene rings is 2. The number of aromatic amines is 1. The first-order valence-electron chi connectivity index (χ1n) is 7.04. The molecule has 23 heavy (non-hydrogen) atoms. The molecule has 0 spiro atoms. The van der Waals surface area contributed by atoms with Crippen molar-refractivity contribution >= 4 is 34.1 Å². The zero-order valence-corrected chi connectivity index (χ0v) is 13.4. The van der Waals surface area contributed by atoms with Crippen molar-refractivity contribution in [1.82, 2.24) is 15.1 Å². The fraction of sp³-hybridized carbons (Fsp3) is 0.0588. The van der Waals surface area contributed by atoms with E-state index in [-0.39, 0.29) is 0 Å². The van der Waals surface area contributed by atoms with Gasteiger partial charge in [0.1, 0.15) is 0 Å². The van der Waals surface area contributed by atoms with Crippen LogP contribution in [0.1, 0.15) is 11.4 Å². The van der Waals surface area contributed by atoms with E-state index in [4.69, 9.17) is 27.7 Å². The van der Waals surface area contributed by atoms with Gasteiger partial charge >= 0.3 is 0 Å². The molecule has 0 saturated heterocycles. The molecule has 0 aliphatic heterocycles. The molecule has 1 N–H and O–H groups in total. The molecule has 0 radical (unpaired) electrons. The Morgan fingerprint density at radius 2 is 1.96 bits per heavy atom. The lowest BCUT2D eigenvalue weighted by molar-refractivity contribution is 0.424. The van der Waals surface area contributed by atoms with E-state index in [0.717, 1.165) is 22.0 Å². The molecule has 6 heteroatoms. The molecule has 114 valence electrons. The molecular weight excluding hydrogens is 333 g/mol. The molecule has 0 saturated carbocycles. The number of fused-ring (bicyclic) bond motifs is 1. The van der Waals surface area contributed by atoms with Gasteiger partial charge in [0.05, 0.1) is 5.56 Å². The van der Waals surface area contributed by atoms with Gasteiger partial charge in [-0.1, -0.05) is 52.6 Å². The second kappa shape index (κ2) is 5.72. The lowest BCUT2D eigenvalue weighted by Crippen LogP contribution is -1.92. The summed E-state index contributed by atoms with van der Waals surface area (Å²) >= 11 is 12.1. The fourth-order valence-corrected chi connectivity index (χ4v) is 2.99. The van der Waals surface area contributed by atoms with Crippen LogP contribution in [0.2, 0.25) is 10.0 Å². The Hall–Kier alpha value is -2.30. The van der Waals surface area contributed by atoms with Crippen LogP contribution in [0.4, 0.5) is 0 Å². The van der Waals surface area contributed by atoms with Crippen molar-refractivity contribution in [3.8, 4) is 11.5 Å². The molecule has 4 nitrogen and oxygen atoms in total. The van der Waals surface area contributed by atoms with Crippen molar-refractivity contribution in [2.75, 3.05) is 0 Å². The average molecular weight is 344 g/mol. The first-order valence-corrected chi connectivity index (χ1v) is 7.79. The van der Waals surface area contributed by atoms with Crippen LogP contribution in [0.5, 0.6) is 0 Å². The van der Waals surface area contributed by atoms with E-state index in [0.29, 0.717) is 28.2 Å². The predicted molar refractivity (Wildman–Crippen MR) is 90.9 cm³/mol. The minimum atomic E-state index is 0.488. The molecule has 2 aromatic heterocycles. The van der Waals surface area contributed by atoms with Crippen molar-refractivity contribution in [2.45, 2.75) is 6.42 Å². The maximum absolute atomic E-state index is 6.19. The van der Waals surface area contributed by atoms with E-state index >= 15 is 0 Å². The van der Waals surface area contributed by atoms with Gasteiger partial charge in [-0.2, -0.15) is 4.98 Å². The highest BCUT2D eigenvalue weighted by molar-refractivity contribution is 6.35. The van der Waals surface area contributed by atoms with Crippen LogP contribution in [0.25, 0.3) is 22.4 Å². The van der Waals surface area contributed by atoms with Crippen molar-refractivity contribution in [2.24, 2.45) is 0 Å². The SMILES string of the molecule is Clc1ccc(Cc2noc(-c3c[nH]c4ccccc34)n2)c(Cl)c1. The van der Waals surface area contributed by atoms with E-state index in [1.165, 1.54) is 0 Å². The van der Waals surface area contributed by atoms with E-state index in [9.17, 15) is 0 Å². The number of rotatable bonds is 3. The molecule has 2 aromatic carbocycles. The summed E-state index contributed by atoms with van der Waals surface area (Å²) in [6.07, 6.45) is 2.36. The van der Waals surface area contributed by atoms with Crippen LogP contribution in [-0.2, 0) is 6.42 Å². The third kappa shape index (κ3) is 2.71. The monoisotopic (exact) mass is 343 g/mol. The number of nitrogens with zero attached hydrogens (tertiary/aromatic N) is 2. The molecule has 0 atom stereocenters. The Balaban J connectivity index is 1.66. The number of hydrogen-bond acceptors (Lipinski definition) is 3. The largest absolute Gasteiger partial charge is 0.360 e. The number of nitrogens with one attached hydrogen (secondary N) is 1. The van der Waals surface area contributed by atoms with E-state index in [2.05, 4.69) is 15.1 Å². The van der Waals surface area contributed by atoms with Gasteiger partial charge < -0.3 is 9.51 Å². The third-order valence-corrected chi connectivity index (χ3v) is 4.24. The van der Waals surface area contributed by atoms with Gasteiger partial charge in [-0.3, -0.25) is 0 Å². The average Bonchev–Trinajstić information content (AvgIpc) is 3.16. The minimum Gasteiger partial charge on any atom is -0.360 e. The van der Waals surface area contributed by atoms with Crippen LogP contribution in [0.3, 0.4) is 0 Å². The summed E-state index contributed by atoms with van der Waals surface area (Å²) in [5.74, 6) is 1.07. The second-order valence-electron chi connectivity index (χ2n) is 5.18. The summed E-state index contributed by atoms with van der Waals surface area (Å²) < 4.78 is 5.40. The molecule has 0 aliphatic carbocycles. The summed E-state index contributed by atoms with van der Waals surface area (Å²) in [5.41, 5.74) is 2.83. The maximum Gasteiger partial charge on any atom is 0.260 e. The number of aromatic nitrogens is 3. The van der Waals surface area contributed by atoms with Crippen LogP contribution in [0.15, 0.2) is 53.2 Å². The van der Waals surface area contributed by atoms with Gasteiger partial charge in [-0.25, -0.2) is 0 Å². The van der Waals surface area contributed by atoms with Crippen molar-refractivity contribution in [3.05, 3.63) is 70.1 Å². The molecule has 2 heterocycles. The summed E-state index contributed by atoms with van der Waals surface area (Å²) in [4.78, 5) is 7.67. The molecule has 4 aromatic rings.